The van der Waals surface area contributed by atoms with Crippen LogP contribution in [-0.2, 0) is 19.1 Å². The van der Waals surface area contributed by atoms with Crippen molar-refractivity contribution in [1.82, 2.24) is 0 Å². The van der Waals surface area contributed by atoms with Crippen LogP contribution < -0.4 is 4.90 Å². The number of morpholine rings is 1. The number of aliphatic hydroxyl groups excluding tert-OH is 1. The molecule has 1 aromatic rings. The number of carbonyl (C=O) groups is 2. The number of ether oxygens (including phenoxy) is 2. The molecule has 1 saturated heterocycles. The summed E-state index contributed by atoms with van der Waals surface area (Å²) in [5.74, 6) is -3.46. The Hall–Kier alpha value is -2.06. The van der Waals surface area contributed by atoms with Crippen LogP contribution in [0.15, 0.2) is 18.2 Å². The second-order valence-corrected chi connectivity index (χ2v) is 6.39. The fourth-order valence-corrected chi connectivity index (χ4v) is 2.27. The van der Waals surface area contributed by atoms with E-state index in [1.54, 1.807) is 20.8 Å². The third-order valence-corrected chi connectivity index (χ3v) is 3.22. The maximum Gasteiger partial charge on any atom is 0.338 e. The first kappa shape index (κ1) is 18.3. The van der Waals surface area contributed by atoms with E-state index in [4.69, 9.17) is 9.47 Å². The molecule has 1 aliphatic rings. The van der Waals surface area contributed by atoms with Crippen molar-refractivity contribution >= 4 is 17.6 Å². The van der Waals surface area contributed by atoms with Gasteiger partial charge in [-0.3, -0.25) is 4.79 Å². The minimum atomic E-state index is -1.84. The molecular formula is C16H19F2NO5. The molecule has 0 saturated carbocycles. The summed E-state index contributed by atoms with van der Waals surface area (Å²) in [7, 11) is 0. The van der Waals surface area contributed by atoms with Crippen molar-refractivity contribution in [2.24, 2.45) is 0 Å². The van der Waals surface area contributed by atoms with Crippen LogP contribution in [0.25, 0.3) is 0 Å². The second kappa shape index (κ2) is 6.82. The number of anilines is 1. The molecule has 0 aliphatic carbocycles. The molecule has 8 heteroatoms. The van der Waals surface area contributed by atoms with Crippen molar-refractivity contribution in [2.75, 3.05) is 18.1 Å². The van der Waals surface area contributed by atoms with Crippen molar-refractivity contribution in [3.8, 4) is 0 Å². The summed E-state index contributed by atoms with van der Waals surface area (Å²) in [5, 5.41) is 10.1. The Morgan fingerprint density at radius 3 is 2.46 bits per heavy atom. The zero-order valence-corrected chi connectivity index (χ0v) is 13.6. The molecule has 1 heterocycles. The third kappa shape index (κ3) is 4.27. The zero-order chi connectivity index (χ0) is 18.1. The summed E-state index contributed by atoms with van der Waals surface area (Å²) in [6, 6.07) is 2.66. The van der Waals surface area contributed by atoms with Crippen molar-refractivity contribution in [1.29, 1.82) is 0 Å². The van der Waals surface area contributed by atoms with Crippen LogP contribution in [0.5, 0.6) is 0 Å². The molecule has 0 radical (unpaired) electrons. The lowest BCUT2D eigenvalue weighted by Gasteiger charge is -2.34. The number of rotatable bonds is 3. The molecule has 0 bridgehead atoms. The SMILES string of the molecule is CC(C)(C)OC(=O)C(O)C1OCCN(c2cc(F)cc(F)c2)C1=O. The van der Waals surface area contributed by atoms with Crippen LogP contribution in [0.2, 0.25) is 0 Å². The van der Waals surface area contributed by atoms with E-state index in [2.05, 4.69) is 0 Å². The minimum absolute atomic E-state index is 0.00556. The Labute approximate surface area is 138 Å². The van der Waals surface area contributed by atoms with E-state index in [9.17, 15) is 23.5 Å². The van der Waals surface area contributed by atoms with Crippen LogP contribution in [0.3, 0.4) is 0 Å². The molecule has 1 aliphatic heterocycles. The summed E-state index contributed by atoms with van der Waals surface area (Å²) >= 11 is 0. The van der Waals surface area contributed by atoms with Gasteiger partial charge in [-0.1, -0.05) is 0 Å². The highest BCUT2D eigenvalue weighted by Crippen LogP contribution is 2.23. The topological polar surface area (TPSA) is 76.1 Å². The van der Waals surface area contributed by atoms with E-state index in [0.29, 0.717) is 6.07 Å². The summed E-state index contributed by atoms with van der Waals surface area (Å²) in [6.45, 7) is 4.88. The molecule has 1 amide bonds. The van der Waals surface area contributed by atoms with E-state index >= 15 is 0 Å². The minimum Gasteiger partial charge on any atom is -0.458 e. The highest BCUT2D eigenvalue weighted by molar-refractivity contribution is 6.00. The molecule has 1 fully saturated rings. The fourth-order valence-electron chi connectivity index (χ4n) is 2.27. The second-order valence-electron chi connectivity index (χ2n) is 6.39. The number of esters is 1. The number of amides is 1. The predicted molar refractivity (Wildman–Crippen MR) is 80.3 cm³/mol. The van der Waals surface area contributed by atoms with Gasteiger partial charge >= 0.3 is 5.97 Å². The molecule has 0 aromatic heterocycles. The number of hydrogen-bond donors (Lipinski definition) is 1. The fraction of sp³-hybridized carbons (Fsp3) is 0.500. The van der Waals surface area contributed by atoms with Gasteiger partial charge in [0.15, 0.2) is 12.2 Å². The van der Waals surface area contributed by atoms with Crippen molar-refractivity contribution in [3.63, 3.8) is 0 Å². The standard InChI is InChI=1S/C16H19F2NO5/c1-16(2,3)24-15(22)12(20)13-14(21)19(4-5-23-13)11-7-9(17)6-10(18)8-11/h6-8,12-13,20H,4-5H2,1-3H3. The molecule has 0 spiro atoms. The van der Waals surface area contributed by atoms with Gasteiger partial charge in [0.1, 0.15) is 17.2 Å². The first-order valence-corrected chi connectivity index (χ1v) is 7.38. The molecule has 2 unspecified atom stereocenters. The van der Waals surface area contributed by atoms with Crippen molar-refractivity contribution in [3.05, 3.63) is 29.8 Å². The number of carbonyl (C=O) groups excluding carboxylic acids is 2. The van der Waals surface area contributed by atoms with E-state index < -0.39 is 41.3 Å². The molecule has 1 N–H and O–H groups in total. The highest BCUT2D eigenvalue weighted by atomic mass is 19.1. The monoisotopic (exact) mass is 343 g/mol. The van der Waals surface area contributed by atoms with E-state index in [1.165, 1.54) is 0 Å². The number of halogens is 2. The van der Waals surface area contributed by atoms with Crippen LogP contribution >= 0.6 is 0 Å². The largest absolute Gasteiger partial charge is 0.458 e. The maximum atomic E-state index is 13.3. The smallest absolute Gasteiger partial charge is 0.338 e. The van der Waals surface area contributed by atoms with Gasteiger partial charge < -0.3 is 19.5 Å². The van der Waals surface area contributed by atoms with Gasteiger partial charge in [-0.05, 0) is 32.9 Å². The van der Waals surface area contributed by atoms with Gasteiger partial charge in [0.05, 0.1) is 6.61 Å². The van der Waals surface area contributed by atoms with Gasteiger partial charge in [0.25, 0.3) is 5.91 Å². The van der Waals surface area contributed by atoms with E-state index in [-0.39, 0.29) is 18.8 Å². The lowest BCUT2D eigenvalue weighted by molar-refractivity contribution is -0.177. The first-order chi connectivity index (χ1) is 11.1. The van der Waals surface area contributed by atoms with Crippen LogP contribution in [0, 0.1) is 11.6 Å². The molecule has 6 nitrogen and oxygen atoms in total. The quantitative estimate of drug-likeness (QED) is 0.840. The highest BCUT2D eigenvalue weighted by Gasteiger charge is 2.41. The van der Waals surface area contributed by atoms with Crippen molar-refractivity contribution in [2.45, 2.75) is 38.6 Å². The lowest BCUT2D eigenvalue weighted by atomic mass is 10.1. The van der Waals surface area contributed by atoms with Crippen LogP contribution in [0.4, 0.5) is 14.5 Å². The maximum absolute atomic E-state index is 13.3. The average molecular weight is 343 g/mol. The Kier molecular flexibility index (Phi) is 5.19. The Morgan fingerprint density at radius 2 is 1.92 bits per heavy atom. The van der Waals surface area contributed by atoms with Crippen molar-refractivity contribution < 1.29 is 33.0 Å². The molecular weight excluding hydrogens is 324 g/mol. The summed E-state index contributed by atoms with van der Waals surface area (Å²) in [4.78, 5) is 25.4. The number of nitrogens with zero attached hydrogens (tertiary/aromatic N) is 1. The van der Waals surface area contributed by atoms with Crippen LogP contribution in [0.1, 0.15) is 20.8 Å². The third-order valence-electron chi connectivity index (χ3n) is 3.22. The number of aliphatic hydroxyl groups is 1. The van der Waals surface area contributed by atoms with Crippen LogP contribution in [-0.4, -0.2) is 47.9 Å². The molecule has 2 atom stereocenters. The Bertz CT molecular complexity index is 624. The Morgan fingerprint density at radius 1 is 1.33 bits per heavy atom. The van der Waals surface area contributed by atoms with Gasteiger partial charge in [-0.25, -0.2) is 13.6 Å². The van der Waals surface area contributed by atoms with E-state index in [0.717, 1.165) is 17.0 Å². The summed E-state index contributed by atoms with van der Waals surface area (Å²) in [5.41, 5.74) is -0.858. The van der Waals surface area contributed by atoms with Gasteiger partial charge in [0, 0.05) is 18.3 Å². The first-order valence-electron chi connectivity index (χ1n) is 7.38. The number of benzene rings is 1. The summed E-state index contributed by atoms with van der Waals surface area (Å²) in [6.07, 6.45) is -3.34. The Balaban J connectivity index is 2.19. The van der Waals surface area contributed by atoms with Gasteiger partial charge in [0.2, 0.25) is 0 Å². The number of hydrogen-bond acceptors (Lipinski definition) is 5. The zero-order valence-electron chi connectivity index (χ0n) is 13.6. The average Bonchev–Trinajstić information content (AvgIpc) is 2.44. The molecule has 24 heavy (non-hydrogen) atoms. The molecule has 2 rings (SSSR count). The molecule has 1 aromatic carbocycles. The lowest BCUT2D eigenvalue weighted by Crippen LogP contribution is -2.55. The van der Waals surface area contributed by atoms with E-state index in [1.807, 2.05) is 0 Å². The molecule has 132 valence electrons. The summed E-state index contributed by atoms with van der Waals surface area (Å²) < 4.78 is 36.9. The predicted octanol–water partition coefficient (Wildman–Crippen LogP) is 1.40. The normalized spacial score (nSPS) is 20.0. The van der Waals surface area contributed by atoms with Gasteiger partial charge in [-0.15, -0.1) is 0 Å². The van der Waals surface area contributed by atoms with Gasteiger partial charge in [-0.2, -0.15) is 0 Å².